The minimum atomic E-state index is -0.838. The fourth-order valence-corrected chi connectivity index (χ4v) is 1.44. The van der Waals surface area contributed by atoms with Gasteiger partial charge in [-0.25, -0.2) is 0 Å². The zero-order chi connectivity index (χ0) is 15.1. The largest absolute Gasteiger partial charge is 0.481 e. The number of non-ortho nitro benzene ring substituents is 1. The van der Waals surface area contributed by atoms with Crippen molar-refractivity contribution in [3.05, 3.63) is 33.9 Å². The molecule has 0 fully saturated rings. The molecule has 7 nitrogen and oxygen atoms in total. The number of terminal acetylenes is 1. The molecule has 106 valence electrons. The molecule has 0 aliphatic carbocycles. The molecule has 0 aromatic heterocycles. The van der Waals surface area contributed by atoms with Gasteiger partial charge in [0, 0.05) is 17.7 Å². The number of ether oxygens (including phenoxy) is 1. The Labute approximate surface area is 115 Å². The zero-order valence-corrected chi connectivity index (χ0v) is 10.8. The van der Waals surface area contributed by atoms with Crippen molar-refractivity contribution in [2.24, 2.45) is 0 Å². The number of rotatable bonds is 6. The van der Waals surface area contributed by atoms with E-state index in [0.29, 0.717) is 0 Å². The van der Waals surface area contributed by atoms with Gasteiger partial charge in [0.2, 0.25) is 0 Å². The third kappa shape index (κ3) is 3.96. The first-order valence-corrected chi connectivity index (χ1v) is 5.75. The first-order valence-electron chi connectivity index (χ1n) is 5.75. The third-order valence-electron chi connectivity index (χ3n) is 2.46. The maximum atomic E-state index is 11.6. The van der Waals surface area contributed by atoms with Gasteiger partial charge in [0.05, 0.1) is 18.1 Å². The van der Waals surface area contributed by atoms with Crippen LogP contribution in [0.3, 0.4) is 0 Å². The van der Waals surface area contributed by atoms with E-state index in [9.17, 15) is 20.0 Å². The second-order valence-corrected chi connectivity index (χ2v) is 3.89. The lowest BCUT2D eigenvalue weighted by Crippen LogP contribution is -2.36. The summed E-state index contributed by atoms with van der Waals surface area (Å²) >= 11 is 0. The molecule has 0 bridgehead atoms. The summed E-state index contributed by atoms with van der Waals surface area (Å²) in [6.45, 7) is 1.16. The highest BCUT2D eigenvalue weighted by atomic mass is 16.6. The third-order valence-corrected chi connectivity index (χ3v) is 2.46. The molecule has 0 aliphatic rings. The lowest BCUT2D eigenvalue weighted by Gasteiger charge is -2.15. The molecular formula is C13H14N2O5. The van der Waals surface area contributed by atoms with Gasteiger partial charge in [-0.1, -0.05) is 5.92 Å². The molecule has 0 saturated carbocycles. The average Bonchev–Trinajstić information content (AvgIpc) is 2.44. The van der Waals surface area contributed by atoms with Gasteiger partial charge >= 0.3 is 0 Å². The molecule has 20 heavy (non-hydrogen) atoms. The molecule has 1 rings (SSSR count). The first kappa shape index (κ1) is 15.5. The molecule has 0 aliphatic heterocycles. The number of aliphatic hydroxyl groups excluding tert-OH is 1. The van der Waals surface area contributed by atoms with Crippen LogP contribution >= 0.6 is 0 Å². The molecule has 0 radical (unpaired) electrons. The number of carbonyl (C=O) groups excluding carboxylic acids is 1. The fraction of sp³-hybridized carbons (Fsp3) is 0.308. The molecule has 2 N–H and O–H groups in total. The highest BCUT2D eigenvalue weighted by molar-refractivity contribution is 5.81. The Balaban J connectivity index is 2.84. The van der Waals surface area contributed by atoms with E-state index >= 15 is 0 Å². The Morgan fingerprint density at radius 2 is 2.35 bits per heavy atom. The van der Waals surface area contributed by atoms with Crippen molar-refractivity contribution in [2.45, 2.75) is 19.6 Å². The molecule has 0 saturated heterocycles. The van der Waals surface area contributed by atoms with Gasteiger partial charge < -0.3 is 15.2 Å². The molecule has 1 aromatic rings. The average molecular weight is 278 g/mol. The van der Waals surface area contributed by atoms with Gasteiger partial charge in [0.25, 0.3) is 11.6 Å². The van der Waals surface area contributed by atoms with E-state index in [-0.39, 0.29) is 23.5 Å². The van der Waals surface area contributed by atoms with Crippen molar-refractivity contribution in [3.63, 3.8) is 0 Å². The molecule has 1 amide bonds. The molecule has 7 heteroatoms. The highest BCUT2D eigenvalue weighted by Crippen LogP contribution is 2.25. The van der Waals surface area contributed by atoms with Crippen LogP contribution in [0.25, 0.3) is 0 Å². The summed E-state index contributed by atoms with van der Waals surface area (Å²) < 4.78 is 5.37. The van der Waals surface area contributed by atoms with Crippen LogP contribution in [-0.2, 0) is 11.4 Å². The number of nitro groups is 1. The van der Waals surface area contributed by atoms with E-state index in [2.05, 4.69) is 11.2 Å². The number of nitrogens with one attached hydrogen (secondary N) is 1. The maximum absolute atomic E-state index is 11.6. The van der Waals surface area contributed by atoms with E-state index in [1.54, 1.807) is 0 Å². The van der Waals surface area contributed by atoms with Gasteiger partial charge in [-0.15, -0.1) is 6.42 Å². The Kier molecular flexibility index (Phi) is 5.50. The van der Waals surface area contributed by atoms with Crippen molar-refractivity contribution < 1.29 is 19.6 Å². The molecule has 0 spiro atoms. The van der Waals surface area contributed by atoms with E-state index in [4.69, 9.17) is 11.2 Å². The molecule has 1 aromatic carbocycles. The lowest BCUT2D eigenvalue weighted by atomic mass is 10.2. The predicted molar refractivity (Wildman–Crippen MR) is 71.0 cm³/mol. The van der Waals surface area contributed by atoms with Crippen molar-refractivity contribution in [2.75, 3.05) is 6.54 Å². The quantitative estimate of drug-likeness (QED) is 0.451. The van der Waals surface area contributed by atoms with Crippen molar-refractivity contribution >= 4 is 11.6 Å². The summed E-state index contributed by atoms with van der Waals surface area (Å²) in [6, 6.07) is 3.77. The monoisotopic (exact) mass is 278 g/mol. The SMILES string of the molecule is C#CCNC(=O)C(C)Oc1ccc([N+](=O)[O-])cc1CO. The number of hydrogen-bond acceptors (Lipinski definition) is 5. The van der Waals surface area contributed by atoms with Crippen LogP contribution in [0.2, 0.25) is 0 Å². The minimum Gasteiger partial charge on any atom is -0.481 e. The zero-order valence-electron chi connectivity index (χ0n) is 10.8. The number of aliphatic hydroxyl groups is 1. The van der Waals surface area contributed by atoms with E-state index in [1.165, 1.54) is 25.1 Å². The Morgan fingerprint density at radius 3 is 2.90 bits per heavy atom. The second kappa shape index (κ2) is 7.11. The minimum absolute atomic E-state index is 0.0830. The van der Waals surface area contributed by atoms with Crippen molar-refractivity contribution in [3.8, 4) is 18.1 Å². The van der Waals surface area contributed by atoms with Gasteiger partial charge in [0.1, 0.15) is 5.75 Å². The lowest BCUT2D eigenvalue weighted by molar-refractivity contribution is -0.385. The maximum Gasteiger partial charge on any atom is 0.270 e. The summed E-state index contributed by atoms with van der Waals surface area (Å²) in [6.07, 6.45) is 4.18. The summed E-state index contributed by atoms with van der Waals surface area (Å²) in [5.41, 5.74) is 0.0710. The van der Waals surface area contributed by atoms with Gasteiger partial charge in [-0.2, -0.15) is 0 Å². The van der Waals surface area contributed by atoms with Crippen LogP contribution in [0.5, 0.6) is 5.75 Å². The Bertz CT molecular complexity index is 550. The molecule has 1 unspecified atom stereocenters. The topological polar surface area (TPSA) is 102 Å². The predicted octanol–water partition coefficient (Wildman–Crippen LogP) is 0.604. The standard InChI is InChI=1S/C13H14N2O5/c1-3-6-14-13(17)9(2)20-12-5-4-11(15(18)19)7-10(12)8-16/h1,4-5,7,9,16H,6,8H2,2H3,(H,14,17). The molecule has 0 heterocycles. The van der Waals surface area contributed by atoms with E-state index in [0.717, 1.165) is 0 Å². The summed E-state index contributed by atoms with van der Waals surface area (Å²) in [5, 5.41) is 22.3. The van der Waals surface area contributed by atoms with Crippen LogP contribution in [0.15, 0.2) is 18.2 Å². The van der Waals surface area contributed by atoms with Crippen molar-refractivity contribution in [1.29, 1.82) is 0 Å². The van der Waals surface area contributed by atoms with Crippen LogP contribution < -0.4 is 10.1 Å². The van der Waals surface area contributed by atoms with Gasteiger partial charge in [-0.3, -0.25) is 14.9 Å². The summed E-state index contributed by atoms with van der Waals surface area (Å²) in [7, 11) is 0. The van der Waals surface area contributed by atoms with Crippen molar-refractivity contribution in [1.82, 2.24) is 5.32 Å². The van der Waals surface area contributed by atoms with E-state index in [1.807, 2.05) is 0 Å². The van der Waals surface area contributed by atoms with Crippen LogP contribution in [0.1, 0.15) is 12.5 Å². The smallest absolute Gasteiger partial charge is 0.270 e. The van der Waals surface area contributed by atoms with Gasteiger partial charge in [0.15, 0.2) is 6.10 Å². The van der Waals surface area contributed by atoms with E-state index < -0.39 is 23.5 Å². The van der Waals surface area contributed by atoms with Gasteiger partial charge in [-0.05, 0) is 13.0 Å². The van der Waals surface area contributed by atoms with Crippen LogP contribution in [0.4, 0.5) is 5.69 Å². The highest BCUT2D eigenvalue weighted by Gasteiger charge is 2.17. The normalized spacial score (nSPS) is 11.2. The second-order valence-electron chi connectivity index (χ2n) is 3.89. The Morgan fingerprint density at radius 1 is 1.65 bits per heavy atom. The molecule has 1 atom stereocenters. The Hall–Kier alpha value is -2.59. The number of carbonyl (C=O) groups is 1. The fourth-order valence-electron chi connectivity index (χ4n) is 1.44. The molecular weight excluding hydrogens is 264 g/mol. The van der Waals surface area contributed by atoms with Crippen LogP contribution in [-0.4, -0.2) is 28.6 Å². The number of benzene rings is 1. The summed E-state index contributed by atoms with van der Waals surface area (Å²) in [5.74, 6) is 2.06. The summed E-state index contributed by atoms with van der Waals surface area (Å²) in [4.78, 5) is 21.6. The first-order chi connectivity index (χ1) is 9.49. The number of amides is 1. The van der Waals surface area contributed by atoms with Crippen LogP contribution in [0, 0.1) is 22.5 Å². The number of hydrogen-bond donors (Lipinski definition) is 2. The number of nitrogens with zero attached hydrogens (tertiary/aromatic N) is 1. The number of nitro benzene ring substituents is 1.